The van der Waals surface area contributed by atoms with Crippen molar-refractivity contribution in [2.75, 3.05) is 6.61 Å². The van der Waals surface area contributed by atoms with Gasteiger partial charge in [0.05, 0.1) is 6.61 Å². The number of hydrogen-bond acceptors (Lipinski definition) is 0. The monoisotopic (exact) mass is 129 g/mol. The van der Waals surface area contributed by atoms with Crippen LogP contribution in [-0.2, 0) is 5.11 Å². The molecule has 0 saturated carbocycles. The largest absolute Gasteiger partial charge is 0.237 e. The third-order valence-corrected chi connectivity index (χ3v) is 1.32. The lowest BCUT2D eigenvalue weighted by atomic mass is 9.90. The first-order chi connectivity index (χ1) is 4.06. The molecule has 0 amide bonds. The van der Waals surface area contributed by atoms with Crippen molar-refractivity contribution in [3.63, 3.8) is 0 Å². The Morgan fingerprint density at radius 3 is 2.00 bits per heavy atom. The van der Waals surface area contributed by atoms with Crippen LogP contribution < -0.4 is 0 Å². The molecule has 0 rings (SSSR count). The Labute approximate surface area is 58.1 Å². The third kappa shape index (κ3) is 7.96. The number of rotatable bonds is 3. The molecule has 1 heteroatoms. The van der Waals surface area contributed by atoms with E-state index in [1.165, 1.54) is 6.42 Å². The minimum Gasteiger partial charge on any atom is -0.237 e. The number of hydrogen-bond donors (Lipinski definition) is 0. The van der Waals surface area contributed by atoms with Crippen molar-refractivity contribution in [3.05, 3.63) is 0 Å². The second-order valence-corrected chi connectivity index (χ2v) is 3.72. The van der Waals surface area contributed by atoms with Crippen LogP contribution in [0.5, 0.6) is 0 Å². The molecule has 1 nitrogen and oxygen atoms in total. The van der Waals surface area contributed by atoms with E-state index in [1.807, 2.05) is 0 Å². The van der Waals surface area contributed by atoms with Crippen LogP contribution in [0.15, 0.2) is 0 Å². The first-order valence-corrected chi connectivity index (χ1v) is 3.64. The SMILES string of the molecule is CC(C)(C)CCCC[O]. The van der Waals surface area contributed by atoms with Crippen molar-refractivity contribution in [3.8, 4) is 0 Å². The van der Waals surface area contributed by atoms with E-state index in [0.717, 1.165) is 12.8 Å². The minimum atomic E-state index is 0.0933. The smallest absolute Gasteiger partial charge is 0.0822 e. The van der Waals surface area contributed by atoms with Crippen molar-refractivity contribution in [2.24, 2.45) is 5.41 Å². The van der Waals surface area contributed by atoms with E-state index in [-0.39, 0.29) is 6.61 Å². The molecule has 0 aromatic heterocycles. The second kappa shape index (κ2) is 3.89. The molecular weight excluding hydrogens is 112 g/mol. The van der Waals surface area contributed by atoms with Gasteiger partial charge in [0.1, 0.15) is 0 Å². The van der Waals surface area contributed by atoms with Crippen LogP contribution >= 0.6 is 0 Å². The summed E-state index contributed by atoms with van der Waals surface area (Å²) in [6.07, 6.45) is 3.11. The molecule has 0 aromatic rings. The first kappa shape index (κ1) is 8.96. The van der Waals surface area contributed by atoms with Crippen LogP contribution in [-0.4, -0.2) is 6.61 Å². The van der Waals surface area contributed by atoms with Crippen LogP contribution in [0.4, 0.5) is 0 Å². The lowest BCUT2D eigenvalue weighted by Crippen LogP contribution is -2.04. The van der Waals surface area contributed by atoms with Crippen LogP contribution in [0.25, 0.3) is 0 Å². The topological polar surface area (TPSA) is 19.9 Å². The van der Waals surface area contributed by atoms with Crippen molar-refractivity contribution in [1.82, 2.24) is 0 Å². The number of unbranched alkanes of at least 4 members (excludes halogenated alkanes) is 1. The third-order valence-electron chi connectivity index (χ3n) is 1.32. The molecule has 0 fully saturated rings. The standard InChI is InChI=1S/C8H17O/c1-8(2,3)6-4-5-7-9/h4-7H2,1-3H3. The summed E-state index contributed by atoms with van der Waals surface area (Å²) in [6.45, 7) is 6.71. The second-order valence-electron chi connectivity index (χ2n) is 3.72. The lowest BCUT2D eigenvalue weighted by molar-refractivity contribution is 0.181. The van der Waals surface area contributed by atoms with E-state index >= 15 is 0 Å². The molecule has 0 heterocycles. The zero-order chi connectivity index (χ0) is 7.33. The maximum absolute atomic E-state index is 10.0. The van der Waals surface area contributed by atoms with Gasteiger partial charge < -0.3 is 0 Å². The van der Waals surface area contributed by atoms with Gasteiger partial charge >= 0.3 is 0 Å². The highest BCUT2D eigenvalue weighted by Crippen LogP contribution is 2.20. The molecule has 0 bridgehead atoms. The van der Waals surface area contributed by atoms with Gasteiger partial charge in [-0.25, -0.2) is 5.11 Å². The van der Waals surface area contributed by atoms with Gasteiger partial charge in [-0.05, 0) is 18.3 Å². The van der Waals surface area contributed by atoms with E-state index in [1.54, 1.807) is 0 Å². The Hall–Kier alpha value is -0.0400. The summed E-state index contributed by atoms with van der Waals surface area (Å²) >= 11 is 0. The predicted octanol–water partition coefficient (Wildman–Crippen LogP) is 2.63. The first-order valence-electron chi connectivity index (χ1n) is 3.64. The molecule has 0 unspecified atom stereocenters. The van der Waals surface area contributed by atoms with E-state index in [0.29, 0.717) is 5.41 Å². The summed E-state index contributed by atoms with van der Waals surface area (Å²) in [6, 6.07) is 0. The van der Waals surface area contributed by atoms with Gasteiger partial charge in [0.15, 0.2) is 0 Å². The summed E-state index contributed by atoms with van der Waals surface area (Å²) in [4.78, 5) is 0. The average Bonchev–Trinajstić information content (AvgIpc) is 1.63. The quantitative estimate of drug-likeness (QED) is 0.522. The minimum absolute atomic E-state index is 0.0933. The summed E-state index contributed by atoms with van der Waals surface area (Å²) < 4.78 is 0. The van der Waals surface area contributed by atoms with Crippen LogP contribution in [0.1, 0.15) is 40.0 Å². The van der Waals surface area contributed by atoms with Gasteiger partial charge in [0.25, 0.3) is 0 Å². The molecule has 0 aliphatic carbocycles. The Bertz CT molecular complexity index is 61.5. The molecule has 0 aromatic carbocycles. The molecule has 0 N–H and O–H groups in total. The fourth-order valence-electron chi connectivity index (χ4n) is 0.757. The van der Waals surface area contributed by atoms with Crippen LogP contribution in [0.2, 0.25) is 0 Å². The normalized spacial score (nSPS) is 12.0. The maximum atomic E-state index is 10.0. The van der Waals surface area contributed by atoms with Crippen molar-refractivity contribution >= 4 is 0 Å². The molecule has 0 saturated heterocycles. The fraction of sp³-hybridized carbons (Fsp3) is 1.00. The Morgan fingerprint density at radius 1 is 1.11 bits per heavy atom. The summed E-state index contributed by atoms with van der Waals surface area (Å²) in [5.41, 5.74) is 0.412. The molecule has 9 heavy (non-hydrogen) atoms. The van der Waals surface area contributed by atoms with Crippen LogP contribution in [0.3, 0.4) is 0 Å². The highest BCUT2D eigenvalue weighted by atomic mass is 16.2. The summed E-state index contributed by atoms with van der Waals surface area (Å²) in [5, 5.41) is 10.0. The fourth-order valence-corrected chi connectivity index (χ4v) is 0.757. The van der Waals surface area contributed by atoms with Crippen molar-refractivity contribution in [2.45, 2.75) is 40.0 Å². The van der Waals surface area contributed by atoms with E-state index in [9.17, 15) is 5.11 Å². The molecule has 0 spiro atoms. The van der Waals surface area contributed by atoms with E-state index < -0.39 is 0 Å². The molecule has 0 aliphatic rings. The Balaban J connectivity index is 3.07. The van der Waals surface area contributed by atoms with E-state index in [2.05, 4.69) is 20.8 Å². The molecular formula is C8H17O. The molecule has 0 atom stereocenters. The maximum Gasteiger partial charge on any atom is 0.0822 e. The Morgan fingerprint density at radius 2 is 1.67 bits per heavy atom. The van der Waals surface area contributed by atoms with Gasteiger partial charge in [0.2, 0.25) is 0 Å². The van der Waals surface area contributed by atoms with Crippen molar-refractivity contribution in [1.29, 1.82) is 0 Å². The zero-order valence-electron chi connectivity index (χ0n) is 6.74. The summed E-state index contributed by atoms with van der Waals surface area (Å²) in [7, 11) is 0. The van der Waals surface area contributed by atoms with Gasteiger partial charge in [-0.15, -0.1) is 0 Å². The summed E-state index contributed by atoms with van der Waals surface area (Å²) in [5.74, 6) is 0. The van der Waals surface area contributed by atoms with Crippen LogP contribution in [0, 0.1) is 5.41 Å². The average molecular weight is 129 g/mol. The van der Waals surface area contributed by atoms with E-state index in [4.69, 9.17) is 0 Å². The molecule has 0 aliphatic heterocycles. The highest BCUT2D eigenvalue weighted by Gasteiger charge is 2.08. The zero-order valence-corrected chi connectivity index (χ0v) is 6.74. The van der Waals surface area contributed by atoms with Gasteiger partial charge in [-0.1, -0.05) is 27.2 Å². The van der Waals surface area contributed by atoms with Gasteiger partial charge in [-0.2, -0.15) is 0 Å². The lowest BCUT2D eigenvalue weighted by Gasteiger charge is -2.16. The molecule has 1 radical (unpaired) electrons. The van der Waals surface area contributed by atoms with Gasteiger partial charge in [-0.3, -0.25) is 0 Å². The van der Waals surface area contributed by atoms with Gasteiger partial charge in [0, 0.05) is 0 Å². The molecule has 55 valence electrons. The highest BCUT2D eigenvalue weighted by molar-refractivity contribution is 4.60. The predicted molar refractivity (Wildman–Crippen MR) is 38.9 cm³/mol. The Kier molecular flexibility index (Phi) is 3.87. The van der Waals surface area contributed by atoms with Crippen molar-refractivity contribution < 1.29 is 5.11 Å².